The van der Waals surface area contributed by atoms with Crippen LogP contribution >= 0.6 is 0 Å². The van der Waals surface area contributed by atoms with Gasteiger partial charge in [0.15, 0.2) is 0 Å². The maximum atomic E-state index is 12.1. The molecule has 102 valence electrons. The minimum absolute atomic E-state index is 0.0506. The third kappa shape index (κ3) is 3.31. The van der Waals surface area contributed by atoms with E-state index >= 15 is 0 Å². The third-order valence-electron chi connectivity index (χ3n) is 3.02. The maximum absolute atomic E-state index is 12.1. The molecule has 0 aromatic heterocycles. The van der Waals surface area contributed by atoms with Crippen molar-refractivity contribution in [3.8, 4) is 0 Å². The predicted molar refractivity (Wildman–Crippen MR) is 74.0 cm³/mol. The first kappa shape index (κ1) is 15.1. The zero-order chi connectivity index (χ0) is 13.8. The first-order valence-corrected chi connectivity index (χ1v) is 7.76. The summed E-state index contributed by atoms with van der Waals surface area (Å²) < 4.78 is 26.8. The van der Waals surface area contributed by atoms with Gasteiger partial charge in [-0.15, -0.1) is 0 Å². The predicted octanol–water partition coefficient (Wildman–Crippen LogP) is 1.83. The molecule has 0 amide bonds. The molecule has 2 unspecified atom stereocenters. The first-order chi connectivity index (χ1) is 8.44. The number of nitrogens with one attached hydrogen (secondary N) is 1. The van der Waals surface area contributed by atoms with E-state index in [4.69, 9.17) is 5.73 Å². The second-order valence-electron chi connectivity index (χ2n) is 4.41. The van der Waals surface area contributed by atoms with Gasteiger partial charge in [0, 0.05) is 12.6 Å². The van der Waals surface area contributed by atoms with Gasteiger partial charge in [-0.05, 0) is 30.9 Å². The second kappa shape index (κ2) is 6.31. The molecule has 0 aliphatic carbocycles. The van der Waals surface area contributed by atoms with Gasteiger partial charge in [-0.1, -0.05) is 32.0 Å². The van der Waals surface area contributed by atoms with Crippen molar-refractivity contribution in [2.45, 2.75) is 44.0 Å². The minimum atomic E-state index is -3.44. The van der Waals surface area contributed by atoms with Gasteiger partial charge in [0.25, 0.3) is 0 Å². The highest BCUT2D eigenvalue weighted by Crippen LogP contribution is 2.28. The van der Waals surface area contributed by atoms with Gasteiger partial charge in [-0.25, -0.2) is 13.1 Å². The normalized spacial score (nSPS) is 15.3. The highest BCUT2D eigenvalue weighted by Gasteiger charge is 2.23. The molecule has 0 aliphatic rings. The van der Waals surface area contributed by atoms with Crippen molar-refractivity contribution in [3.63, 3.8) is 0 Å². The molecule has 0 saturated heterocycles. The molecule has 1 aromatic carbocycles. The van der Waals surface area contributed by atoms with Gasteiger partial charge in [-0.3, -0.25) is 0 Å². The van der Waals surface area contributed by atoms with E-state index in [0.717, 1.165) is 12.0 Å². The number of sulfonamides is 1. The topological polar surface area (TPSA) is 72.2 Å². The number of hydrogen-bond acceptors (Lipinski definition) is 3. The van der Waals surface area contributed by atoms with Crippen molar-refractivity contribution in [3.05, 3.63) is 29.8 Å². The van der Waals surface area contributed by atoms with Crippen LogP contribution in [0.15, 0.2) is 29.2 Å². The van der Waals surface area contributed by atoms with Crippen molar-refractivity contribution < 1.29 is 8.42 Å². The van der Waals surface area contributed by atoms with Crippen molar-refractivity contribution in [2.75, 3.05) is 6.54 Å². The Bertz CT molecular complexity index is 484. The average Bonchev–Trinajstić information content (AvgIpc) is 2.30. The molecule has 1 rings (SSSR count). The fraction of sp³-hybridized carbons (Fsp3) is 0.538. The van der Waals surface area contributed by atoms with Crippen LogP contribution in [0, 0.1) is 0 Å². The molecule has 18 heavy (non-hydrogen) atoms. The Morgan fingerprint density at radius 1 is 1.28 bits per heavy atom. The van der Waals surface area contributed by atoms with Crippen LogP contribution in [-0.2, 0) is 10.0 Å². The lowest BCUT2D eigenvalue weighted by atomic mass is 9.90. The molecule has 0 heterocycles. The molecule has 0 spiro atoms. The highest BCUT2D eigenvalue weighted by molar-refractivity contribution is 7.89. The van der Waals surface area contributed by atoms with Gasteiger partial charge in [-0.2, -0.15) is 0 Å². The molecule has 0 fully saturated rings. The van der Waals surface area contributed by atoms with Crippen LogP contribution in [0.3, 0.4) is 0 Å². The molecule has 2 atom stereocenters. The van der Waals surface area contributed by atoms with Crippen LogP contribution in [0.2, 0.25) is 0 Å². The number of nitrogens with two attached hydrogens (primary N) is 1. The lowest BCUT2D eigenvalue weighted by molar-refractivity contribution is 0.538. The van der Waals surface area contributed by atoms with E-state index in [-0.39, 0.29) is 12.0 Å². The Hall–Kier alpha value is -0.910. The molecular formula is C13H22N2O2S. The zero-order valence-corrected chi connectivity index (χ0v) is 12.0. The van der Waals surface area contributed by atoms with E-state index in [1.165, 1.54) is 0 Å². The Morgan fingerprint density at radius 2 is 1.89 bits per heavy atom. The van der Waals surface area contributed by atoms with Crippen molar-refractivity contribution in [2.24, 2.45) is 5.73 Å². The van der Waals surface area contributed by atoms with E-state index in [9.17, 15) is 8.42 Å². The summed E-state index contributed by atoms with van der Waals surface area (Å²) in [5.41, 5.74) is 6.75. The summed E-state index contributed by atoms with van der Waals surface area (Å²) in [6.07, 6.45) is 0.816. The quantitative estimate of drug-likeness (QED) is 0.828. The SMILES string of the molecule is CCNS(=O)(=O)c1ccccc1C(CC)C(C)N. The van der Waals surface area contributed by atoms with Gasteiger partial charge >= 0.3 is 0 Å². The first-order valence-electron chi connectivity index (χ1n) is 6.28. The van der Waals surface area contributed by atoms with Crippen molar-refractivity contribution in [1.29, 1.82) is 0 Å². The van der Waals surface area contributed by atoms with Gasteiger partial charge in [0.1, 0.15) is 0 Å². The Morgan fingerprint density at radius 3 is 2.39 bits per heavy atom. The molecule has 0 saturated carbocycles. The Labute approximate surface area is 110 Å². The molecule has 1 aromatic rings. The molecular weight excluding hydrogens is 248 g/mol. The zero-order valence-electron chi connectivity index (χ0n) is 11.2. The number of rotatable bonds is 6. The van der Waals surface area contributed by atoms with E-state index in [0.29, 0.717) is 11.4 Å². The Kier molecular flexibility index (Phi) is 5.31. The number of hydrogen-bond donors (Lipinski definition) is 2. The second-order valence-corrected chi connectivity index (χ2v) is 6.15. The van der Waals surface area contributed by atoms with Crippen LogP contribution in [0.25, 0.3) is 0 Å². The fourth-order valence-electron chi connectivity index (χ4n) is 2.17. The molecule has 0 bridgehead atoms. The molecule has 3 N–H and O–H groups in total. The van der Waals surface area contributed by atoms with Crippen LogP contribution in [-0.4, -0.2) is 21.0 Å². The minimum Gasteiger partial charge on any atom is -0.327 e. The smallest absolute Gasteiger partial charge is 0.240 e. The molecule has 4 nitrogen and oxygen atoms in total. The lowest BCUT2D eigenvalue weighted by Gasteiger charge is -2.22. The Balaban J connectivity index is 3.30. The van der Waals surface area contributed by atoms with E-state index < -0.39 is 10.0 Å². The van der Waals surface area contributed by atoms with Gasteiger partial charge in [0.2, 0.25) is 10.0 Å². The summed E-state index contributed by atoms with van der Waals surface area (Å²) >= 11 is 0. The van der Waals surface area contributed by atoms with Crippen LogP contribution in [0.5, 0.6) is 0 Å². The monoisotopic (exact) mass is 270 g/mol. The van der Waals surface area contributed by atoms with E-state index in [1.54, 1.807) is 19.1 Å². The van der Waals surface area contributed by atoms with Crippen LogP contribution in [0.1, 0.15) is 38.7 Å². The number of benzene rings is 1. The van der Waals surface area contributed by atoms with E-state index in [2.05, 4.69) is 4.72 Å². The average molecular weight is 270 g/mol. The summed E-state index contributed by atoms with van der Waals surface area (Å²) in [6.45, 7) is 6.07. The standard InChI is InChI=1S/C13H22N2O2S/c1-4-11(10(3)14)12-8-6-7-9-13(12)18(16,17)15-5-2/h6-11,15H,4-5,14H2,1-3H3. The third-order valence-corrected chi connectivity index (χ3v) is 4.64. The summed E-state index contributed by atoms with van der Waals surface area (Å²) in [6, 6.07) is 7.00. The van der Waals surface area contributed by atoms with Crippen molar-refractivity contribution >= 4 is 10.0 Å². The van der Waals surface area contributed by atoms with Crippen LogP contribution in [0.4, 0.5) is 0 Å². The summed E-state index contributed by atoms with van der Waals surface area (Å²) in [4.78, 5) is 0.344. The summed E-state index contributed by atoms with van der Waals surface area (Å²) in [5.74, 6) is 0.0506. The largest absolute Gasteiger partial charge is 0.327 e. The fourth-order valence-corrected chi connectivity index (χ4v) is 3.50. The summed E-state index contributed by atoms with van der Waals surface area (Å²) in [7, 11) is -3.44. The highest BCUT2D eigenvalue weighted by atomic mass is 32.2. The summed E-state index contributed by atoms with van der Waals surface area (Å²) in [5, 5.41) is 0. The molecule has 5 heteroatoms. The molecule has 0 radical (unpaired) electrons. The van der Waals surface area contributed by atoms with Gasteiger partial charge in [0.05, 0.1) is 4.90 Å². The molecule has 0 aliphatic heterocycles. The van der Waals surface area contributed by atoms with E-state index in [1.807, 2.05) is 26.0 Å². The van der Waals surface area contributed by atoms with Crippen molar-refractivity contribution in [1.82, 2.24) is 4.72 Å². The van der Waals surface area contributed by atoms with Gasteiger partial charge < -0.3 is 5.73 Å². The van der Waals surface area contributed by atoms with Crippen LogP contribution < -0.4 is 10.5 Å². The lowest BCUT2D eigenvalue weighted by Crippen LogP contribution is -2.29. The maximum Gasteiger partial charge on any atom is 0.240 e.